The first kappa shape index (κ1) is 30.5. The standard InChI is InChI=1S/C52H41BN2/c1-3-17-38-35(15-1)36-28-27-34(33-41(36)52(38)31-11-12-32-52)54-44-22-7-5-20-42(44)53-43-21-6-8-23-45(43)55(48-26-14-25-47(54)50(48)53)46-24-13-19-40-49(46)37-16-2-4-18-39(37)51(40)29-9-10-30-51/h1-8,13-28,33H,9-12,29-32H2. The Bertz CT molecular complexity index is 2770. The minimum absolute atomic E-state index is 0.117. The van der Waals surface area contributed by atoms with Gasteiger partial charge in [0.2, 0.25) is 0 Å². The second kappa shape index (κ2) is 10.9. The second-order valence-corrected chi connectivity index (χ2v) is 17.0. The highest BCUT2D eigenvalue weighted by Gasteiger charge is 2.49. The lowest BCUT2D eigenvalue weighted by Crippen LogP contribution is -2.61. The largest absolute Gasteiger partial charge is 0.311 e. The fourth-order valence-electron chi connectivity index (χ4n) is 12.7. The van der Waals surface area contributed by atoms with Crippen molar-refractivity contribution in [2.75, 3.05) is 9.80 Å². The summed E-state index contributed by atoms with van der Waals surface area (Å²) >= 11 is 0. The Hall–Kier alpha value is -5.80. The molecule has 13 rings (SSSR count). The van der Waals surface area contributed by atoms with Crippen molar-refractivity contribution in [3.63, 3.8) is 0 Å². The highest BCUT2D eigenvalue weighted by Crippen LogP contribution is 2.61. The van der Waals surface area contributed by atoms with Gasteiger partial charge in [0.1, 0.15) is 0 Å². The van der Waals surface area contributed by atoms with Crippen LogP contribution in [0.4, 0.5) is 34.1 Å². The topological polar surface area (TPSA) is 6.48 Å². The number of anilines is 6. The van der Waals surface area contributed by atoms with Crippen molar-refractivity contribution in [1.82, 2.24) is 0 Å². The van der Waals surface area contributed by atoms with Gasteiger partial charge in [-0.2, -0.15) is 0 Å². The van der Waals surface area contributed by atoms with Crippen molar-refractivity contribution in [2.24, 2.45) is 0 Å². The normalized spacial score (nSPS) is 18.1. The van der Waals surface area contributed by atoms with Crippen LogP contribution in [-0.2, 0) is 10.8 Å². The van der Waals surface area contributed by atoms with E-state index in [2.05, 4.69) is 161 Å². The lowest BCUT2D eigenvalue weighted by atomic mass is 9.33. The zero-order valence-electron chi connectivity index (χ0n) is 31.1. The fraction of sp³-hybridized carbons (Fsp3) is 0.192. The maximum atomic E-state index is 2.63. The van der Waals surface area contributed by atoms with Gasteiger partial charge in [-0.1, -0.05) is 135 Å². The molecular formula is C52H41BN2. The zero-order chi connectivity index (χ0) is 35.9. The number of hydrogen-bond acceptors (Lipinski definition) is 2. The molecule has 2 saturated carbocycles. The number of para-hydroxylation sites is 2. The molecule has 0 aromatic heterocycles. The first-order chi connectivity index (χ1) is 27.3. The van der Waals surface area contributed by atoms with E-state index in [1.165, 1.54) is 141 Å². The maximum absolute atomic E-state index is 2.63. The third-order valence-corrected chi connectivity index (χ3v) is 14.7. The van der Waals surface area contributed by atoms with E-state index in [1.54, 1.807) is 5.56 Å². The molecule has 55 heavy (non-hydrogen) atoms. The fourth-order valence-corrected chi connectivity index (χ4v) is 12.7. The quantitative estimate of drug-likeness (QED) is 0.165. The Morgan fingerprint density at radius 2 is 0.873 bits per heavy atom. The number of rotatable bonds is 2. The van der Waals surface area contributed by atoms with Crippen LogP contribution < -0.4 is 26.2 Å². The summed E-state index contributed by atoms with van der Waals surface area (Å²) in [5, 5.41) is 0. The number of nitrogens with zero attached hydrogens (tertiary/aromatic N) is 2. The summed E-state index contributed by atoms with van der Waals surface area (Å²) in [5.41, 5.74) is 24.0. The molecule has 262 valence electrons. The maximum Gasteiger partial charge on any atom is 0.252 e. The number of fused-ring (bicyclic) bond motifs is 14. The lowest BCUT2D eigenvalue weighted by Gasteiger charge is -2.44. The summed E-state index contributed by atoms with van der Waals surface area (Å²) in [4.78, 5) is 5.23. The predicted octanol–water partition coefficient (Wildman–Crippen LogP) is 11.5. The molecule has 2 fully saturated rings. The molecule has 0 amide bonds. The van der Waals surface area contributed by atoms with Crippen molar-refractivity contribution in [1.29, 1.82) is 0 Å². The van der Waals surface area contributed by atoms with Crippen LogP contribution in [0.1, 0.15) is 73.6 Å². The van der Waals surface area contributed by atoms with Crippen LogP contribution in [0, 0.1) is 0 Å². The Morgan fingerprint density at radius 1 is 0.382 bits per heavy atom. The third-order valence-electron chi connectivity index (χ3n) is 14.7. The first-order valence-corrected chi connectivity index (χ1v) is 20.7. The Labute approximate surface area is 324 Å². The molecule has 0 atom stereocenters. The van der Waals surface area contributed by atoms with E-state index in [9.17, 15) is 0 Å². The summed E-state index contributed by atoms with van der Waals surface area (Å²) in [5.74, 6) is 0. The van der Waals surface area contributed by atoms with Gasteiger partial charge in [0, 0.05) is 44.8 Å². The van der Waals surface area contributed by atoms with Crippen molar-refractivity contribution >= 4 is 57.2 Å². The summed E-state index contributed by atoms with van der Waals surface area (Å²) in [6, 6.07) is 58.7. The van der Waals surface area contributed by atoms with Crippen LogP contribution in [0.25, 0.3) is 22.3 Å². The first-order valence-electron chi connectivity index (χ1n) is 20.7. The van der Waals surface area contributed by atoms with Crippen LogP contribution in [0.3, 0.4) is 0 Å². The summed E-state index contributed by atoms with van der Waals surface area (Å²) < 4.78 is 0. The van der Waals surface area contributed by atoms with Crippen molar-refractivity contribution in [2.45, 2.75) is 62.2 Å². The average molecular weight is 705 g/mol. The van der Waals surface area contributed by atoms with E-state index in [0.29, 0.717) is 0 Å². The van der Waals surface area contributed by atoms with Crippen molar-refractivity contribution < 1.29 is 0 Å². The van der Waals surface area contributed by atoms with E-state index in [-0.39, 0.29) is 17.5 Å². The molecule has 0 saturated heterocycles. The molecule has 2 heterocycles. The Balaban J connectivity index is 1.06. The van der Waals surface area contributed by atoms with Gasteiger partial charge in [0.25, 0.3) is 6.71 Å². The van der Waals surface area contributed by atoms with Gasteiger partial charge in [0.15, 0.2) is 0 Å². The highest BCUT2D eigenvalue weighted by molar-refractivity contribution is 7.00. The Kier molecular flexibility index (Phi) is 6.06. The van der Waals surface area contributed by atoms with Gasteiger partial charge < -0.3 is 9.80 Å². The zero-order valence-corrected chi connectivity index (χ0v) is 31.1. The molecule has 2 spiro atoms. The van der Waals surface area contributed by atoms with Gasteiger partial charge in [0.05, 0.1) is 5.69 Å². The van der Waals surface area contributed by atoms with E-state index in [4.69, 9.17) is 0 Å². The molecule has 0 bridgehead atoms. The Morgan fingerprint density at radius 3 is 1.60 bits per heavy atom. The van der Waals surface area contributed by atoms with E-state index < -0.39 is 0 Å². The third kappa shape index (κ3) is 3.77. The summed E-state index contributed by atoms with van der Waals surface area (Å²) in [6.45, 7) is 0.135. The van der Waals surface area contributed by atoms with Crippen molar-refractivity contribution in [3.05, 3.63) is 174 Å². The molecule has 0 N–H and O–H groups in total. The van der Waals surface area contributed by atoms with E-state index in [0.717, 1.165) is 0 Å². The predicted molar refractivity (Wildman–Crippen MR) is 230 cm³/mol. The van der Waals surface area contributed by atoms with Crippen LogP contribution >= 0.6 is 0 Å². The minimum atomic E-state index is 0.117. The SMILES string of the molecule is c1ccc2c(c1)B1c3ccccc3N(c3cccc4c3-c3ccccc3C43CCCC3)c3cccc(c31)N2c1ccc2c(c1)C1(CCCC1)c1ccccc1-2. The van der Waals surface area contributed by atoms with Gasteiger partial charge >= 0.3 is 0 Å². The molecule has 7 aromatic rings. The van der Waals surface area contributed by atoms with Gasteiger partial charge in [-0.15, -0.1) is 0 Å². The van der Waals surface area contributed by atoms with Crippen molar-refractivity contribution in [3.8, 4) is 22.3 Å². The smallest absolute Gasteiger partial charge is 0.252 e. The lowest BCUT2D eigenvalue weighted by molar-refractivity contribution is 0.550. The van der Waals surface area contributed by atoms with Gasteiger partial charge in [-0.05, 0) is 123 Å². The van der Waals surface area contributed by atoms with Gasteiger partial charge in [-0.25, -0.2) is 0 Å². The molecule has 2 nitrogen and oxygen atoms in total. The summed E-state index contributed by atoms with van der Waals surface area (Å²) in [7, 11) is 0. The van der Waals surface area contributed by atoms with Crippen LogP contribution in [-0.4, -0.2) is 6.71 Å². The molecule has 0 radical (unpaired) electrons. The molecule has 7 aromatic carbocycles. The van der Waals surface area contributed by atoms with Crippen LogP contribution in [0.5, 0.6) is 0 Å². The monoisotopic (exact) mass is 704 g/mol. The second-order valence-electron chi connectivity index (χ2n) is 17.0. The molecular weight excluding hydrogens is 663 g/mol. The minimum Gasteiger partial charge on any atom is -0.311 e. The van der Waals surface area contributed by atoms with E-state index >= 15 is 0 Å². The molecule has 3 heteroatoms. The van der Waals surface area contributed by atoms with Gasteiger partial charge in [-0.3, -0.25) is 0 Å². The average Bonchev–Trinajstić information content (AvgIpc) is 4.05. The highest BCUT2D eigenvalue weighted by atomic mass is 15.2. The van der Waals surface area contributed by atoms with E-state index in [1.807, 2.05) is 0 Å². The molecule has 0 unspecified atom stereocenters. The van der Waals surface area contributed by atoms with Crippen LogP contribution in [0.2, 0.25) is 0 Å². The molecule has 6 aliphatic rings. The molecule has 2 aliphatic heterocycles. The summed E-state index contributed by atoms with van der Waals surface area (Å²) in [6.07, 6.45) is 10.1. The molecule has 4 aliphatic carbocycles. The van der Waals surface area contributed by atoms with Crippen LogP contribution in [0.15, 0.2) is 152 Å². The number of benzene rings is 7. The number of hydrogen-bond donors (Lipinski definition) is 0.